The molecule has 42 heavy (non-hydrogen) atoms. The summed E-state index contributed by atoms with van der Waals surface area (Å²) in [5.41, 5.74) is 10.4. The van der Waals surface area contributed by atoms with Gasteiger partial charge in [0.15, 0.2) is 24.5 Å². The van der Waals surface area contributed by atoms with Crippen molar-refractivity contribution in [2.45, 2.75) is 51.0 Å². The first-order valence-electron chi connectivity index (χ1n) is 14.9. The predicted octanol–water partition coefficient (Wildman–Crippen LogP) is 7.56. The number of hydrogen-bond acceptors (Lipinski definition) is 2. The highest BCUT2D eigenvalue weighted by Gasteiger charge is 2.52. The largest absolute Gasteiger partial charge is 0.438 e. The monoisotopic (exact) mass is 565 g/mol. The van der Waals surface area contributed by atoms with Gasteiger partial charge in [-0.05, 0) is 48.9 Å². The van der Waals surface area contributed by atoms with Gasteiger partial charge in [0.1, 0.15) is 11.5 Å². The van der Waals surface area contributed by atoms with Crippen LogP contribution in [0.5, 0.6) is 0 Å². The molecule has 4 aromatic heterocycles. The van der Waals surface area contributed by atoms with Crippen molar-refractivity contribution < 1.29 is 13.6 Å². The molecule has 0 saturated heterocycles. The lowest BCUT2D eigenvalue weighted by Gasteiger charge is -2.32. The molecule has 6 heterocycles. The molecular formula is C37H35N3OSi+2. The molecule has 3 unspecified atom stereocenters. The van der Waals surface area contributed by atoms with E-state index in [0.717, 1.165) is 28.5 Å². The quantitative estimate of drug-likeness (QED) is 0.126. The molecule has 0 aliphatic carbocycles. The Hall–Kier alpha value is -4.35. The summed E-state index contributed by atoms with van der Waals surface area (Å²) in [7, 11) is -1.53. The standard InChI is InChI=1S/C37H35N3OSi/c1-6-11-33-35(26-13-8-7-12-25(26)32-18-16-24(22-40(32)33)42(3,4)5)36-30-21-34-29(27-17-15-23(2)38-37(27)41-34)20-28(30)31-14-9-10-19-39(31)36/h6-10,12-22,33,35-36H,1,11H2,2-5H3/q+2. The third-order valence-electron chi connectivity index (χ3n) is 9.39. The van der Waals surface area contributed by atoms with Crippen molar-refractivity contribution in [1.29, 1.82) is 0 Å². The Labute approximate surface area is 247 Å². The molecule has 2 aromatic carbocycles. The highest BCUT2D eigenvalue weighted by atomic mass is 28.3. The van der Waals surface area contributed by atoms with Gasteiger partial charge in [-0.15, -0.1) is 6.58 Å². The highest BCUT2D eigenvalue weighted by molar-refractivity contribution is 6.88. The fraction of sp³-hybridized carbons (Fsp3) is 0.216. The van der Waals surface area contributed by atoms with Gasteiger partial charge in [-0.2, -0.15) is 9.13 Å². The van der Waals surface area contributed by atoms with Crippen molar-refractivity contribution in [3.63, 3.8) is 0 Å². The lowest BCUT2D eigenvalue weighted by molar-refractivity contribution is -0.745. The van der Waals surface area contributed by atoms with Gasteiger partial charge in [0.05, 0.1) is 19.2 Å². The summed E-state index contributed by atoms with van der Waals surface area (Å²) in [6, 6.07) is 29.5. The van der Waals surface area contributed by atoms with E-state index < -0.39 is 8.07 Å². The van der Waals surface area contributed by atoms with Gasteiger partial charge in [0.25, 0.3) is 0 Å². The molecule has 206 valence electrons. The lowest BCUT2D eigenvalue weighted by atomic mass is 9.75. The summed E-state index contributed by atoms with van der Waals surface area (Å²) < 4.78 is 11.5. The van der Waals surface area contributed by atoms with E-state index in [4.69, 9.17) is 9.40 Å². The fourth-order valence-corrected chi connectivity index (χ4v) is 8.51. The van der Waals surface area contributed by atoms with Crippen LogP contribution in [-0.2, 0) is 0 Å². The number of hydrogen-bond donors (Lipinski definition) is 0. The van der Waals surface area contributed by atoms with E-state index in [9.17, 15) is 0 Å². The van der Waals surface area contributed by atoms with Crippen LogP contribution in [0.1, 0.15) is 41.2 Å². The summed E-state index contributed by atoms with van der Waals surface area (Å²) in [5.74, 6) is 0.197. The first-order chi connectivity index (χ1) is 20.3. The van der Waals surface area contributed by atoms with Gasteiger partial charge in [0, 0.05) is 51.8 Å². The Kier molecular flexibility index (Phi) is 5.48. The topological polar surface area (TPSA) is 33.8 Å². The second-order valence-electron chi connectivity index (χ2n) is 12.9. The average Bonchev–Trinajstić information content (AvgIpc) is 3.49. The number of benzene rings is 2. The molecule has 5 heteroatoms. The number of aromatic nitrogens is 3. The number of nitrogens with zero attached hydrogens (tertiary/aromatic N) is 3. The Morgan fingerprint density at radius 1 is 0.857 bits per heavy atom. The van der Waals surface area contributed by atoms with Crippen LogP contribution in [0, 0.1) is 6.92 Å². The second kappa shape index (κ2) is 9.07. The van der Waals surface area contributed by atoms with Crippen molar-refractivity contribution >= 4 is 35.3 Å². The highest BCUT2D eigenvalue weighted by Crippen LogP contribution is 2.51. The minimum absolute atomic E-state index is 0.103. The van der Waals surface area contributed by atoms with E-state index in [2.05, 4.69) is 133 Å². The Morgan fingerprint density at radius 3 is 2.50 bits per heavy atom. The summed E-state index contributed by atoms with van der Waals surface area (Å²) in [4.78, 5) is 4.71. The molecule has 0 radical (unpaired) electrons. The first kappa shape index (κ1) is 25.4. The van der Waals surface area contributed by atoms with Crippen LogP contribution in [0.2, 0.25) is 19.6 Å². The molecule has 8 rings (SSSR count). The summed E-state index contributed by atoms with van der Waals surface area (Å²) in [6.45, 7) is 13.5. The number of furan rings is 1. The maximum Gasteiger partial charge on any atom is 0.227 e. The van der Waals surface area contributed by atoms with Crippen LogP contribution in [0.4, 0.5) is 0 Å². The maximum absolute atomic E-state index is 6.41. The minimum Gasteiger partial charge on any atom is -0.438 e. The predicted molar refractivity (Wildman–Crippen MR) is 172 cm³/mol. The van der Waals surface area contributed by atoms with Crippen molar-refractivity contribution in [2.75, 3.05) is 0 Å². The summed E-state index contributed by atoms with van der Waals surface area (Å²) >= 11 is 0. The van der Waals surface area contributed by atoms with E-state index in [0.29, 0.717) is 5.71 Å². The van der Waals surface area contributed by atoms with Crippen LogP contribution in [0.25, 0.3) is 44.6 Å². The fourth-order valence-electron chi connectivity index (χ4n) is 7.40. The third-order valence-corrected chi connectivity index (χ3v) is 11.4. The number of allylic oxidation sites excluding steroid dienone is 1. The molecule has 0 spiro atoms. The van der Waals surface area contributed by atoms with Crippen LogP contribution in [0.15, 0.2) is 108 Å². The third kappa shape index (κ3) is 3.63. The molecule has 3 atom stereocenters. The number of pyridine rings is 3. The van der Waals surface area contributed by atoms with Gasteiger partial charge in [-0.25, -0.2) is 4.98 Å². The molecular weight excluding hydrogens is 531 g/mol. The molecule has 0 N–H and O–H groups in total. The molecule has 2 aliphatic heterocycles. The van der Waals surface area contributed by atoms with Crippen LogP contribution in [-0.4, -0.2) is 13.1 Å². The van der Waals surface area contributed by atoms with Gasteiger partial charge in [-0.1, -0.05) is 50.0 Å². The zero-order valence-electron chi connectivity index (χ0n) is 24.6. The van der Waals surface area contributed by atoms with Crippen molar-refractivity contribution in [3.8, 4) is 22.5 Å². The number of rotatable bonds is 4. The Balaban J connectivity index is 1.41. The molecule has 2 aliphatic rings. The molecule has 0 amide bonds. The zero-order chi connectivity index (χ0) is 28.7. The van der Waals surface area contributed by atoms with Gasteiger partial charge in [-0.3, -0.25) is 0 Å². The molecule has 0 fully saturated rings. The van der Waals surface area contributed by atoms with E-state index in [1.165, 1.54) is 38.8 Å². The van der Waals surface area contributed by atoms with Gasteiger partial charge < -0.3 is 4.42 Å². The lowest BCUT2D eigenvalue weighted by Crippen LogP contribution is -2.55. The number of aryl methyl sites for hydroxylation is 1. The maximum atomic E-state index is 6.41. The van der Waals surface area contributed by atoms with E-state index in [1.807, 2.05) is 6.92 Å². The van der Waals surface area contributed by atoms with Gasteiger partial charge in [0.2, 0.25) is 17.1 Å². The van der Waals surface area contributed by atoms with Crippen molar-refractivity contribution in [3.05, 3.63) is 121 Å². The number of fused-ring (bicyclic) bond motifs is 9. The Bertz CT molecular complexity index is 2070. The molecule has 6 aromatic rings. The van der Waals surface area contributed by atoms with Crippen molar-refractivity contribution in [2.24, 2.45) is 0 Å². The van der Waals surface area contributed by atoms with E-state index in [1.54, 1.807) is 0 Å². The Morgan fingerprint density at radius 2 is 1.67 bits per heavy atom. The summed E-state index contributed by atoms with van der Waals surface area (Å²) in [5, 5.41) is 3.67. The normalized spacial score (nSPS) is 18.9. The zero-order valence-corrected chi connectivity index (χ0v) is 25.6. The SMILES string of the molecule is C=CCC1C(C2c3cc4oc5nc(C)ccc5c4cc3-c3cccc[n+]32)c2ccccc2-c2ccc([Si](C)(C)C)c[n+]21. The van der Waals surface area contributed by atoms with Gasteiger partial charge >= 0.3 is 0 Å². The molecule has 4 nitrogen and oxygen atoms in total. The average molecular weight is 566 g/mol. The minimum atomic E-state index is -1.53. The van der Waals surface area contributed by atoms with Crippen LogP contribution in [0.3, 0.4) is 0 Å². The smallest absolute Gasteiger partial charge is 0.227 e. The first-order valence-corrected chi connectivity index (χ1v) is 18.4. The molecule has 0 bridgehead atoms. The molecule has 0 saturated carbocycles. The van der Waals surface area contributed by atoms with Crippen LogP contribution >= 0.6 is 0 Å². The second-order valence-corrected chi connectivity index (χ2v) is 18.0. The van der Waals surface area contributed by atoms with E-state index in [-0.39, 0.29) is 18.0 Å². The summed E-state index contributed by atoms with van der Waals surface area (Å²) in [6.07, 6.45) is 7.71. The van der Waals surface area contributed by atoms with E-state index >= 15 is 0 Å². The van der Waals surface area contributed by atoms with Crippen molar-refractivity contribution in [1.82, 2.24) is 4.98 Å². The van der Waals surface area contributed by atoms with Crippen LogP contribution < -0.4 is 14.3 Å².